The predicted octanol–water partition coefficient (Wildman–Crippen LogP) is 4.69. The first-order valence-corrected chi connectivity index (χ1v) is 13.5. The second kappa shape index (κ2) is 12.0. The highest BCUT2D eigenvalue weighted by Crippen LogP contribution is 2.20. The van der Waals surface area contributed by atoms with Crippen molar-refractivity contribution in [1.29, 1.82) is 0 Å². The molecule has 0 radical (unpaired) electrons. The molecule has 0 aliphatic carbocycles. The minimum Gasteiger partial charge on any atom is -0.369 e. The largest absolute Gasteiger partial charge is 0.369 e. The molecule has 0 atom stereocenters. The van der Waals surface area contributed by atoms with Gasteiger partial charge in [0, 0.05) is 69.1 Å². The molecule has 0 unspecified atom stereocenters. The molecule has 200 valence electrons. The van der Waals surface area contributed by atoms with Crippen LogP contribution in [0.5, 0.6) is 0 Å². The summed E-state index contributed by atoms with van der Waals surface area (Å²) >= 11 is 0. The van der Waals surface area contributed by atoms with E-state index in [1.54, 1.807) is 12.4 Å². The smallest absolute Gasteiger partial charge is 0.180 e. The Balaban J connectivity index is 1.05. The van der Waals surface area contributed by atoms with Gasteiger partial charge in [-0.3, -0.25) is 9.88 Å². The summed E-state index contributed by atoms with van der Waals surface area (Å²) in [4.78, 5) is 32.1. The van der Waals surface area contributed by atoms with E-state index in [-0.39, 0.29) is 0 Å². The van der Waals surface area contributed by atoms with Gasteiger partial charge in [-0.15, -0.1) is 0 Å². The van der Waals surface area contributed by atoms with E-state index in [1.165, 1.54) is 11.3 Å². The van der Waals surface area contributed by atoms with Gasteiger partial charge in [0.25, 0.3) is 0 Å². The maximum atomic E-state index is 4.72. The Morgan fingerprint density at radius 1 is 0.700 bits per heavy atom. The number of benzene rings is 1. The zero-order valence-corrected chi connectivity index (χ0v) is 22.5. The second-order valence-electron chi connectivity index (χ2n) is 9.84. The third-order valence-electron chi connectivity index (χ3n) is 6.88. The summed E-state index contributed by atoms with van der Waals surface area (Å²) in [5, 5.41) is 3.28. The van der Waals surface area contributed by atoms with Crippen LogP contribution in [0.15, 0.2) is 91.4 Å². The van der Waals surface area contributed by atoms with Gasteiger partial charge in [0.15, 0.2) is 5.82 Å². The molecule has 4 aromatic heterocycles. The van der Waals surface area contributed by atoms with Crippen molar-refractivity contribution in [2.75, 3.05) is 36.4 Å². The molecule has 5 aromatic rings. The molecule has 1 N–H and O–H groups in total. The molecule has 9 heteroatoms. The summed E-state index contributed by atoms with van der Waals surface area (Å²) in [6, 6.07) is 24.3. The fraction of sp³-hybridized carbons (Fsp3) is 0.226. The molecule has 1 fully saturated rings. The third-order valence-corrected chi connectivity index (χ3v) is 6.88. The lowest BCUT2D eigenvalue weighted by atomic mass is 10.1. The molecule has 1 aliphatic heterocycles. The average Bonchev–Trinajstić information content (AvgIpc) is 2.99. The lowest BCUT2D eigenvalue weighted by Gasteiger charge is -2.36. The molecule has 0 bridgehead atoms. The van der Waals surface area contributed by atoms with E-state index in [4.69, 9.17) is 4.98 Å². The van der Waals surface area contributed by atoms with Crippen molar-refractivity contribution in [2.24, 2.45) is 0 Å². The van der Waals surface area contributed by atoms with Crippen molar-refractivity contribution >= 4 is 17.3 Å². The Morgan fingerprint density at radius 3 is 2.27 bits per heavy atom. The highest BCUT2D eigenvalue weighted by atomic mass is 15.3. The van der Waals surface area contributed by atoms with Gasteiger partial charge in [0.2, 0.25) is 0 Å². The first-order valence-electron chi connectivity index (χ1n) is 13.5. The number of aromatic nitrogens is 6. The molecule has 40 heavy (non-hydrogen) atoms. The van der Waals surface area contributed by atoms with Crippen LogP contribution in [0, 0.1) is 6.92 Å². The van der Waals surface area contributed by atoms with Gasteiger partial charge < -0.3 is 10.2 Å². The topological polar surface area (TPSA) is 95.9 Å². The fourth-order valence-corrected chi connectivity index (χ4v) is 4.80. The number of anilines is 3. The van der Waals surface area contributed by atoms with E-state index in [0.29, 0.717) is 23.9 Å². The maximum Gasteiger partial charge on any atom is 0.180 e. The molecular weight excluding hydrogens is 498 g/mol. The zero-order valence-electron chi connectivity index (χ0n) is 22.5. The SMILES string of the molecule is Cc1cccc(-c2nccc(Nc3ccnc(Cc4ccc(N5CCN(Cc6ccccn6)CC5)cc4)n3)n2)n1. The lowest BCUT2D eigenvalue weighted by molar-refractivity contribution is 0.247. The van der Waals surface area contributed by atoms with E-state index >= 15 is 0 Å². The number of aryl methyl sites for hydroxylation is 1. The number of pyridine rings is 2. The van der Waals surface area contributed by atoms with E-state index in [0.717, 1.165) is 55.6 Å². The van der Waals surface area contributed by atoms with Gasteiger partial charge in [-0.25, -0.2) is 24.9 Å². The molecule has 1 aromatic carbocycles. The summed E-state index contributed by atoms with van der Waals surface area (Å²) in [5.41, 5.74) is 5.21. The molecule has 5 heterocycles. The van der Waals surface area contributed by atoms with Gasteiger partial charge in [-0.1, -0.05) is 24.3 Å². The second-order valence-corrected chi connectivity index (χ2v) is 9.84. The minimum atomic E-state index is 0.567. The van der Waals surface area contributed by atoms with Gasteiger partial charge in [0.05, 0.1) is 5.69 Å². The fourth-order valence-electron chi connectivity index (χ4n) is 4.80. The number of hydrogen-bond acceptors (Lipinski definition) is 9. The maximum absolute atomic E-state index is 4.72. The number of rotatable bonds is 8. The van der Waals surface area contributed by atoms with Crippen molar-refractivity contribution in [2.45, 2.75) is 19.9 Å². The normalized spacial score (nSPS) is 13.8. The van der Waals surface area contributed by atoms with E-state index in [2.05, 4.69) is 76.4 Å². The molecule has 0 saturated carbocycles. The molecule has 6 rings (SSSR count). The lowest BCUT2D eigenvalue weighted by Crippen LogP contribution is -2.46. The van der Waals surface area contributed by atoms with Crippen LogP contribution >= 0.6 is 0 Å². The Kier molecular flexibility index (Phi) is 7.63. The number of nitrogens with zero attached hydrogens (tertiary/aromatic N) is 8. The standard InChI is InChI=1S/C31H31N9/c1-23-5-4-7-27(35-23)31-34-16-13-29(38-31)36-28-12-15-33-30(37-28)21-24-8-10-26(11-9-24)40-19-17-39(18-20-40)22-25-6-2-3-14-32-25/h2-16H,17-22H2,1H3,(H,33,34,36,37,38). The summed E-state index contributed by atoms with van der Waals surface area (Å²) in [6.07, 6.45) is 6.01. The molecule has 1 aliphatic rings. The molecule has 9 nitrogen and oxygen atoms in total. The summed E-state index contributed by atoms with van der Waals surface area (Å²) < 4.78 is 0. The van der Waals surface area contributed by atoms with Crippen LogP contribution in [0.1, 0.15) is 22.8 Å². The van der Waals surface area contributed by atoms with Crippen molar-refractivity contribution < 1.29 is 0 Å². The Labute approximate surface area is 234 Å². The first kappa shape index (κ1) is 25.5. The molecule has 0 amide bonds. The van der Waals surface area contributed by atoms with Crippen molar-refractivity contribution in [1.82, 2.24) is 34.8 Å². The van der Waals surface area contributed by atoms with Crippen molar-refractivity contribution in [3.05, 3.63) is 114 Å². The van der Waals surface area contributed by atoms with Crippen molar-refractivity contribution in [3.63, 3.8) is 0 Å². The van der Waals surface area contributed by atoms with Crippen LogP contribution in [-0.2, 0) is 13.0 Å². The Hall–Kier alpha value is -4.76. The summed E-state index contributed by atoms with van der Waals surface area (Å²) in [7, 11) is 0. The average molecular weight is 530 g/mol. The van der Waals surface area contributed by atoms with Crippen LogP contribution in [-0.4, -0.2) is 61.0 Å². The van der Waals surface area contributed by atoms with E-state index in [1.807, 2.05) is 49.5 Å². The van der Waals surface area contributed by atoms with Crippen molar-refractivity contribution in [3.8, 4) is 11.5 Å². The monoisotopic (exact) mass is 529 g/mol. The molecule has 0 spiro atoms. The predicted molar refractivity (Wildman–Crippen MR) is 156 cm³/mol. The van der Waals surface area contributed by atoms with Gasteiger partial charge in [-0.2, -0.15) is 0 Å². The first-order chi connectivity index (χ1) is 19.7. The zero-order chi connectivity index (χ0) is 27.1. The third kappa shape index (κ3) is 6.44. The van der Waals surface area contributed by atoms with Gasteiger partial charge in [-0.05, 0) is 61.0 Å². The van der Waals surface area contributed by atoms with Crippen LogP contribution < -0.4 is 10.2 Å². The molecule has 1 saturated heterocycles. The van der Waals surface area contributed by atoms with Crippen LogP contribution in [0.2, 0.25) is 0 Å². The number of nitrogens with one attached hydrogen (secondary N) is 1. The number of piperazine rings is 1. The Bertz CT molecular complexity index is 1550. The Morgan fingerprint density at radius 2 is 1.50 bits per heavy atom. The van der Waals surface area contributed by atoms with E-state index in [9.17, 15) is 0 Å². The molecular formula is C31H31N9. The van der Waals surface area contributed by atoms with Crippen LogP contribution in [0.4, 0.5) is 17.3 Å². The van der Waals surface area contributed by atoms with Crippen LogP contribution in [0.3, 0.4) is 0 Å². The summed E-state index contributed by atoms with van der Waals surface area (Å²) in [5.74, 6) is 2.66. The van der Waals surface area contributed by atoms with Crippen LogP contribution in [0.25, 0.3) is 11.5 Å². The quantitative estimate of drug-likeness (QED) is 0.307. The highest BCUT2D eigenvalue weighted by molar-refractivity contribution is 5.56. The summed E-state index contributed by atoms with van der Waals surface area (Å²) in [6.45, 7) is 6.93. The van der Waals surface area contributed by atoms with E-state index < -0.39 is 0 Å². The minimum absolute atomic E-state index is 0.567. The highest BCUT2D eigenvalue weighted by Gasteiger charge is 2.17. The number of hydrogen-bond donors (Lipinski definition) is 1. The van der Waals surface area contributed by atoms with Gasteiger partial charge in [0.1, 0.15) is 23.2 Å². The van der Waals surface area contributed by atoms with Gasteiger partial charge >= 0.3 is 0 Å².